The molecule has 0 fully saturated rings. The van der Waals surface area contributed by atoms with Gasteiger partial charge in [0, 0.05) is 0 Å². The second-order valence-corrected chi connectivity index (χ2v) is 3.39. The van der Waals surface area contributed by atoms with E-state index in [1.165, 1.54) is 11.1 Å². The molecule has 0 nitrogen and oxygen atoms in total. The molecular formula is C13H20. The molecule has 0 atom stereocenters. The Labute approximate surface area is 82.4 Å². The Hall–Kier alpha value is -1.04. The molecule has 13 heavy (non-hydrogen) atoms. The van der Waals surface area contributed by atoms with Crippen molar-refractivity contribution in [3.8, 4) is 0 Å². The van der Waals surface area contributed by atoms with E-state index < -0.39 is 0 Å². The van der Waals surface area contributed by atoms with Crippen LogP contribution in [0.15, 0.2) is 48.1 Å². The van der Waals surface area contributed by atoms with Crippen molar-refractivity contribution in [2.75, 3.05) is 0 Å². The lowest BCUT2D eigenvalue weighted by atomic mass is 10.2. The summed E-state index contributed by atoms with van der Waals surface area (Å²) in [6.45, 7) is 10.0. The van der Waals surface area contributed by atoms with Gasteiger partial charge in [0.2, 0.25) is 0 Å². The van der Waals surface area contributed by atoms with Crippen LogP contribution in [0.3, 0.4) is 0 Å². The highest BCUT2D eigenvalue weighted by Crippen LogP contribution is 2.01. The predicted molar refractivity (Wildman–Crippen MR) is 61.8 cm³/mol. The van der Waals surface area contributed by atoms with Crippen LogP contribution in [0, 0.1) is 0 Å². The molecule has 0 aliphatic carbocycles. The van der Waals surface area contributed by atoms with Crippen LogP contribution in [0.25, 0.3) is 0 Å². The number of hydrogen-bond donors (Lipinski definition) is 0. The molecule has 0 bridgehead atoms. The van der Waals surface area contributed by atoms with E-state index in [0.29, 0.717) is 0 Å². The van der Waals surface area contributed by atoms with Crippen LogP contribution >= 0.6 is 0 Å². The van der Waals surface area contributed by atoms with Gasteiger partial charge in [-0.05, 0) is 33.6 Å². The quantitative estimate of drug-likeness (QED) is 0.429. The van der Waals surface area contributed by atoms with Gasteiger partial charge in [-0.15, -0.1) is 6.58 Å². The minimum Gasteiger partial charge on any atom is -0.103 e. The molecule has 0 saturated heterocycles. The van der Waals surface area contributed by atoms with Crippen LogP contribution in [0.2, 0.25) is 0 Å². The summed E-state index contributed by atoms with van der Waals surface area (Å²) < 4.78 is 0. The molecule has 0 aromatic carbocycles. The Bertz CT molecular complexity index is 222. The lowest BCUT2D eigenvalue weighted by molar-refractivity contribution is 1.25. The van der Waals surface area contributed by atoms with Crippen LogP contribution in [-0.2, 0) is 0 Å². The summed E-state index contributed by atoms with van der Waals surface area (Å²) in [7, 11) is 0. The molecule has 0 saturated carbocycles. The Morgan fingerprint density at radius 2 is 1.77 bits per heavy atom. The molecule has 0 heterocycles. The van der Waals surface area contributed by atoms with Crippen LogP contribution < -0.4 is 0 Å². The van der Waals surface area contributed by atoms with Gasteiger partial charge in [0.05, 0.1) is 0 Å². The van der Waals surface area contributed by atoms with Crippen LogP contribution in [-0.4, -0.2) is 0 Å². The minimum atomic E-state index is 0.952. The van der Waals surface area contributed by atoms with Crippen molar-refractivity contribution in [3.63, 3.8) is 0 Å². The zero-order chi connectivity index (χ0) is 10.1. The zero-order valence-electron chi connectivity index (χ0n) is 9.01. The van der Waals surface area contributed by atoms with E-state index in [0.717, 1.165) is 12.8 Å². The summed E-state index contributed by atoms with van der Waals surface area (Å²) in [5, 5.41) is 0. The third-order valence-electron chi connectivity index (χ3n) is 1.65. The van der Waals surface area contributed by atoms with Crippen molar-refractivity contribution in [1.29, 1.82) is 0 Å². The van der Waals surface area contributed by atoms with Crippen LogP contribution in [0.5, 0.6) is 0 Å². The van der Waals surface area contributed by atoms with Crippen molar-refractivity contribution in [2.45, 2.75) is 33.6 Å². The van der Waals surface area contributed by atoms with Gasteiger partial charge in [-0.2, -0.15) is 0 Å². The average molecular weight is 176 g/mol. The van der Waals surface area contributed by atoms with Gasteiger partial charge in [-0.25, -0.2) is 0 Å². The molecule has 0 rings (SSSR count). The Morgan fingerprint density at radius 3 is 2.31 bits per heavy atom. The number of allylic oxidation sites excluding steroid dienone is 7. The molecule has 0 aliphatic heterocycles. The third kappa shape index (κ3) is 8.87. The fourth-order valence-corrected chi connectivity index (χ4v) is 0.899. The average Bonchev–Trinajstić information content (AvgIpc) is 2.04. The first-order chi connectivity index (χ1) is 6.16. The topological polar surface area (TPSA) is 0 Å². The highest BCUT2D eigenvalue weighted by molar-refractivity contribution is 5.18. The smallest absolute Gasteiger partial charge is 0.0161 e. The van der Waals surface area contributed by atoms with Crippen molar-refractivity contribution < 1.29 is 0 Å². The van der Waals surface area contributed by atoms with E-state index in [4.69, 9.17) is 0 Å². The largest absolute Gasteiger partial charge is 0.103 e. The predicted octanol–water partition coefficient (Wildman–Crippen LogP) is 4.42. The SMILES string of the molecule is C=CC/C=C/C(C)=C\CC=C(C)C. The van der Waals surface area contributed by atoms with Gasteiger partial charge in [-0.1, -0.05) is 41.5 Å². The highest BCUT2D eigenvalue weighted by atomic mass is 13.9. The molecule has 72 valence electrons. The second-order valence-electron chi connectivity index (χ2n) is 3.39. The Kier molecular flexibility index (Phi) is 6.99. The maximum Gasteiger partial charge on any atom is -0.0161 e. The number of rotatable bonds is 5. The van der Waals surface area contributed by atoms with Crippen LogP contribution in [0.4, 0.5) is 0 Å². The van der Waals surface area contributed by atoms with E-state index in [1.54, 1.807) is 0 Å². The molecule has 0 aromatic heterocycles. The monoisotopic (exact) mass is 176 g/mol. The lowest BCUT2D eigenvalue weighted by Gasteiger charge is -1.91. The zero-order valence-corrected chi connectivity index (χ0v) is 9.01. The van der Waals surface area contributed by atoms with Crippen molar-refractivity contribution >= 4 is 0 Å². The van der Waals surface area contributed by atoms with Crippen molar-refractivity contribution in [1.82, 2.24) is 0 Å². The van der Waals surface area contributed by atoms with Crippen molar-refractivity contribution in [3.05, 3.63) is 48.1 Å². The fourth-order valence-electron chi connectivity index (χ4n) is 0.899. The summed E-state index contributed by atoms with van der Waals surface area (Å²) in [4.78, 5) is 0. The molecule has 0 unspecified atom stereocenters. The fraction of sp³-hybridized carbons (Fsp3) is 0.385. The van der Waals surface area contributed by atoms with Gasteiger partial charge >= 0.3 is 0 Å². The number of hydrogen-bond acceptors (Lipinski definition) is 0. The summed E-state index contributed by atoms with van der Waals surface area (Å²) in [5.74, 6) is 0. The van der Waals surface area contributed by atoms with Gasteiger partial charge in [0.15, 0.2) is 0 Å². The third-order valence-corrected chi connectivity index (χ3v) is 1.65. The second kappa shape index (κ2) is 7.60. The standard InChI is InChI=1S/C13H20/c1-5-6-7-10-13(4)11-8-9-12(2)3/h5,7,9-11H,1,6,8H2,2-4H3/b10-7+,13-11-. The lowest BCUT2D eigenvalue weighted by Crippen LogP contribution is -1.70. The van der Waals surface area contributed by atoms with E-state index >= 15 is 0 Å². The van der Waals surface area contributed by atoms with Gasteiger partial charge < -0.3 is 0 Å². The van der Waals surface area contributed by atoms with Gasteiger partial charge in [-0.3, -0.25) is 0 Å². The summed E-state index contributed by atoms with van der Waals surface area (Å²) in [6.07, 6.45) is 12.6. The maximum atomic E-state index is 3.66. The molecule has 0 aliphatic rings. The van der Waals surface area contributed by atoms with Gasteiger partial charge in [0.25, 0.3) is 0 Å². The molecule has 0 radical (unpaired) electrons. The normalized spacial score (nSPS) is 11.8. The first-order valence-corrected chi connectivity index (χ1v) is 4.74. The maximum absolute atomic E-state index is 3.66. The van der Waals surface area contributed by atoms with Crippen LogP contribution in [0.1, 0.15) is 33.6 Å². The molecule has 0 amide bonds. The first kappa shape index (κ1) is 12.0. The molecule has 0 spiro atoms. The van der Waals surface area contributed by atoms with Crippen molar-refractivity contribution in [2.24, 2.45) is 0 Å². The molecule has 0 heteroatoms. The Morgan fingerprint density at radius 1 is 1.08 bits per heavy atom. The first-order valence-electron chi connectivity index (χ1n) is 4.74. The Balaban J connectivity index is 3.88. The molecule has 0 N–H and O–H groups in total. The highest BCUT2D eigenvalue weighted by Gasteiger charge is 1.80. The van der Waals surface area contributed by atoms with Gasteiger partial charge in [0.1, 0.15) is 0 Å². The summed E-state index contributed by atoms with van der Waals surface area (Å²) in [6, 6.07) is 0. The van der Waals surface area contributed by atoms with E-state index in [1.807, 2.05) is 6.08 Å². The van der Waals surface area contributed by atoms with E-state index in [-0.39, 0.29) is 0 Å². The summed E-state index contributed by atoms with van der Waals surface area (Å²) >= 11 is 0. The summed E-state index contributed by atoms with van der Waals surface area (Å²) in [5.41, 5.74) is 2.69. The van der Waals surface area contributed by atoms with E-state index in [2.05, 4.69) is 51.7 Å². The molecular weight excluding hydrogens is 156 g/mol. The molecule has 0 aromatic rings. The van der Waals surface area contributed by atoms with E-state index in [9.17, 15) is 0 Å². The minimum absolute atomic E-state index is 0.952.